The summed E-state index contributed by atoms with van der Waals surface area (Å²) >= 11 is 0. The van der Waals surface area contributed by atoms with Gasteiger partial charge in [-0.15, -0.1) is 0 Å². The lowest BCUT2D eigenvalue weighted by Gasteiger charge is -2.15. The molecule has 0 bridgehead atoms. The molecule has 8 rings (SSSR count). The largest absolute Gasteiger partial charge is 0.354 e. The molecule has 6 aromatic rings. The average molecular weight is 393 g/mol. The maximum atomic E-state index is 3.79. The Bertz CT molecular complexity index is 1730. The summed E-state index contributed by atoms with van der Waals surface area (Å²) in [5.74, 6) is 0. The molecule has 1 heteroatoms. The van der Waals surface area contributed by atoms with Crippen LogP contribution in [-0.4, -0.2) is 4.98 Å². The Hall–Kier alpha value is -3.84. The molecule has 0 fully saturated rings. The van der Waals surface area contributed by atoms with E-state index in [0.29, 0.717) is 0 Å². The zero-order chi connectivity index (χ0) is 20.1. The average Bonchev–Trinajstić information content (AvgIpc) is 3.49. The summed E-state index contributed by atoms with van der Waals surface area (Å²) in [5, 5.41) is 5.52. The number of H-pyrrole nitrogens is 1. The summed E-state index contributed by atoms with van der Waals surface area (Å²) in [5.41, 5.74) is 14.1. The van der Waals surface area contributed by atoms with E-state index in [1.54, 1.807) is 0 Å². The van der Waals surface area contributed by atoms with E-state index in [-0.39, 0.29) is 0 Å². The van der Waals surface area contributed by atoms with Crippen LogP contribution in [0.5, 0.6) is 0 Å². The topological polar surface area (TPSA) is 15.8 Å². The first kappa shape index (κ1) is 15.9. The van der Waals surface area contributed by atoms with Crippen LogP contribution < -0.4 is 0 Å². The zero-order valence-corrected chi connectivity index (χ0v) is 17.0. The van der Waals surface area contributed by atoms with Crippen molar-refractivity contribution >= 4 is 32.6 Å². The second-order valence-electron chi connectivity index (χ2n) is 8.96. The molecule has 0 amide bonds. The Morgan fingerprint density at radius 3 is 2.10 bits per heavy atom. The number of hydrogen-bond acceptors (Lipinski definition) is 0. The SMILES string of the molecule is c1ccc2c(c1)Cc1ccc3c(c1-2)c1c(c2c4ccccc4[nH]c32)Cc2ccccc2-1. The smallest absolute Gasteiger partial charge is 0.0548 e. The number of aromatic amines is 1. The fourth-order valence-electron chi connectivity index (χ4n) is 6.21. The van der Waals surface area contributed by atoms with Gasteiger partial charge in [0, 0.05) is 27.1 Å². The van der Waals surface area contributed by atoms with Crippen molar-refractivity contribution in [2.75, 3.05) is 0 Å². The predicted octanol–water partition coefficient (Wildman–Crippen LogP) is 7.62. The summed E-state index contributed by atoms with van der Waals surface area (Å²) in [4.78, 5) is 3.79. The van der Waals surface area contributed by atoms with Crippen LogP contribution in [0.25, 0.3) is 54.8 Å². The maximum Gasteiger partial charge on any atom is 0.0548 e. The summed E-state index contributed by atoms with van der Waals surface area (Å²) in [6.07, 6.45) is 2.04. The van der Waals surface area contributed by atoms with Crippen LogP contribution in [0.3, 0.4) is 0 Å². The van der Waals surface area contributed by atoms with Crippen LogP contribution >= 0.6 is 0 Å². The third kappa shape index (κ3) is 1.88. The first-order valence-corrected chi connectivity index (χ1v) is 11.1. The van der Waals surface area contributed by atoms with E-state index in [1.165, 1.54) is 77.1 Å². The molecular weight excluding hydrogens is 374 g/mol. The van der Waals surface area contributed by atoms with E-state index in [4.69, 9.17) is 0 Å². The quantitative estimate of drug-likeness (QED) is 0.273. The number of rotatable bonds is 0. The van der Waals surface area contributed by atoms with Gasteiger partial charge in [-0.1, -0.05) is 78.9 Å². The molecule has 0 radical (unpaired) electrons. The number of para-hydroxylation sites is 1. The van der Waals surface area contributed by atoms with E-state index in [0.717, 1.165) is 12.8 Å². The predicted molar refractivity (Wildman–Crippen MR) is 130 cm³/mol. The van der Waals surface area contributed by atoms with Crippen LogP contribution in [0, 0.1) is 0 Å². The normalized spacial score (nSPS) is 13.5. The van der Waals surface area contributed by atoms with Crippen molar-refractivity contribution in [1.29, 1.82) is 0 Å². The van der Waals surface area contributed by atoms with E-state index < -0.39 is 0 Å². The molecule has 144 valence electrons. The summed E-state index contributed by atoms with van der Waals surface area (Å²) in [6, 6.07) is 31.4. The molecule has 0 unspecified atom stereocenters. The minimum Gasteiger partial charge on any atom is -0.354 e. The fraction of sp³-hybridized carbons (Fsp3) is 0.0667. The molecular formula is C30H19N. The van der Waals surface area contributed by atoms with Gasteiger partial charge in [0.25, 0.3) is 0 Å². The highest BCUT2D eigenvalue weighted by Gasteiger charge is 2.30. The van der Waals surface area contributed by atoms with Crippen LogP contribution in [0.4, 0.5) is 0 Å². The number of benzene rings is 5. The molecule has 1 aromatic heterocycles. The third-order valence-corrected chi connectivity index (χ3v) is 7.44. The Kier molecular flexibility index (Phi) is 2.80. The second-order valence-corrected chi connectivity index (χ2v) is 8.96. The van der Waals surface area contributed by atoms with E-state index in [1.807, 2.05) is 0 Å². The number of nitrogens with one attached hydrogen (secondary N) is 1. The number of fused-ring (bicyclic) bond motifs is 14. The highest BCUT2D eigenvalue weighted by Crippen LogP contribution is 2.52. The minimum absolute atomic E-state index is 1.01. The van der Waals surface area contributed by atoms with Crippen molar-refractivity contribution in [1.82, 2.24) is 4.98 Å². The Labute approximate surface area is 180 Å². The molecule has 2 aliphatic rings. The Morgan fingerprint density at radius 2 is 1.23 bits per heavy atom. The van der Waals surface area contributed by atoms with Gasteiger partial charge in [0.05, 0.1) is 5.52 Å². The van der Waals surface area contributed by atoms with Crippen LogP contribution in [0.2, 0.25) is 0 Å². The van der Waals surface area contributed by atoms with Gasteiger partial charge in [0.2, 0.25) is 0 Å². The van der Waals surface area contributed by atoms with E-state index in [9.17, 15) is 0 Å². The highest BCUT2D eigenvalue weighted by atomic mass is 14.7. The highest BCUT2D eigenvalue weighted by molar-refractivity contribution is 6.26. The lowest BCUT2D eigenvalue weighted by Crippen LogP contribution is -1.91. The molecule has 2 aliphatic carbocycles. The molecule has 1 N–H and O–H groups in total. The van der Waals surface area contributed by atoms with Crippen molar-refractivity contribution in [2.45, 2.75) is 12.8 Å². The van der Waals surface area contributed by atoms with Crippen molar-refractivity contribution in [2.24, 2.45) is 0 Å². The van der Waals surface area contributed by atoms with Gasteiger partial charge in [-0.25, -0.2) is 0 Å². The lowest BCUT2D eigenvalue weighted by molar-refractivity contribution is 1.27. The molecule has 0 spiro atoms. The van der Waals surface area contributed by atoms with E-state index in [2.05, 4.69) is 89.9 Å². The molecule has 0 saturated heterocycles. The molecule has 31 heavy (non-hydrogen) atoms. The maximum absolute atomic E-state index is 3.79. The van der Waals surface area contributed by atoms with Crippen molar-refractivity contribution in [3.63, 3.8) is 0 Å². The molecule has 1 heterocycles. The molecule has 0 atom stereocenters. The Balaban J connectivity index is 1.68. The van der Waals surface area contributed by atoms with Crippen LogP contribution in [-0.2, 0) is 12.8 Å². The summed E-state index contributed by atoms with van der Waals surface area (Å²) in [7, 11) is 0. The molecule has 0 saturated carbocycles. The summed E-state index contributed by atoms with van der Waals surface area (Å²) < 4.78 is 0. The van der Waals surface area contributed by atoms with Gasteiger partial charge in [0.1, 0.15) is 0 Å². The first-order chi connectivity index (χ1) is 15.4. The van der Waals surface area contributed by atoms with Crippen molar-refractivity contribution in [3.8, 4) is 22.3 Å². The fourth-order valence-corrected chi connectivity index (χ4v) is 6.21. The monoisotopic (exact) mass is 393 g/mol. The van der Waals surface area contributed by atoms with Gasteiger partial charge in [0.15, 0.2) is 0 Å². The first-order valence-electron chi connectivity index (χ1n) is 11.1. The van der Waals surface area contributed by atoms with Gasteiger partial charge in [-0.05, 0) is 63.4 Å². The van der Waals surface area contributed by atoms with Crippen molar-refractivity contribution in [3.05, 3.63) is 107 Å². The number of hydrogen-bond donors (Lipinski definition) is 1. The molecule has 0 aliphatic heterocycles. The second kappa shape index (κ2) is 5.44. The minimum atomic E-state index is 1.01. The summed E-state index contributed by atoms with van der Waals surface area (Å²) in [6.45, 7) is 0. The van der Waals surface area contributed by atoms with Gasteiger partial charge < -0.3 is 4.98 Å². The van der Waals surface area contributed by atoms with Gasteiger partial charge in [-0.2, -0.15) is 0 Å². The molecule has 1 nitrogen and oxygen atoms in total. The van der Waals surface area contributed by atoms with Gasteiger partial charge in [-0.3, -0.25) is 0 Å². The van der Waals surface area contributed by atoms with Crippen LogP contribution in [0.1, 0.15) is 22.3 Å². The lowest BCUT2D eigenvalue weighted by atomic mass is 9.88. The van der Waals surface area contributed by atoms with E-state index >= 15 is 0 Å². The van der Waals surface area contributed by atoms with Crippen molar-refractivity contribution < 1.29 is 0 Å². The molecule has 5 aromatic carbocycles. The number of aromatic nitrogens is 1. The Morgan fingerprint density at radius 1 is 0.516 bits per heavy atom. The van der Waals surface area contributed by atoms with Gasteiger partial charge >= 0.3 is 0 Å². The zero-order valence-electron chi connectivity index (χ0n) is 17.0. The third-order valence-electron chi connectivity index (χ3n) is 7.44. The standard InChI is InChI=1S/C30H19N/c1-3-9-20-17(7-1)15-19-13-14-23-29(26(19)20)27-21-10-4-2-8-18(21)16-24(27)28-22-11-5-6-12-25(22)31-30(23)28/h1-14,31H,15-16H2. The van der Waals surface area contributed by atoms with Crippen LogP contribution in [0.15, 0.2) is 84.9 Å².